The Hall–Kier alpha value is -5.41. The second kappa shape index (κ2) is 52.6. The molecule has 6 aliphatic rings. The molecule has 36 atom stereocenters. The lowest BCUT2D eigenvalue weighted by molar-refractivity contribution is -0.319. The summed E-state index contributed by atoms with van der Waals surface area (Å²) in [5, 5.41) is 78.5. The molecule has 6 heterocycles. The minimum absolute atomic E-state index is 0.0296. The molecule has 0 radical (unpaired) electrons. The molecular formula is C94H170N6O32. The van der Waals surface area contributed by atoms with E-state index in [2.05, 4.69) is 30.5 Å². The molecule has 3 amide bonds. The number of cyclic esters (lactones) is 2. The largest absolute Gasteiger partial charge is 0.459 e. The van der Waals surface area contributed by atoms with Crippen LogP contribution in [0.1, 0.15) is 251 Å². The Bertz CT molecular complexity index is 3590. The van der Waals surface area contributed by atoms with Gasteiger partial charge in [0.1, 0.15) is 59.0 Å². The van der Waals surface area contributed by atoms with E-state index in [9.17, 15) is 73.8 Å². The lowest BCUT2D eigenvalue weighted by Gasteiger charge is -2.50. The van der Waals surface area contributed by atoms with E-state index in [0.717, 1.165) is 26.2 Å². The Morgan fingerprint density at radius 1 is 0.477 bits per heavy atom. The first-order valence-electron chi connectivity index (χ1n) is 47.4. The molecule has 0 bridgehead atoms. The third-order valence-electron chi connectivity index (χ3n) is 28.1. The van der Waals surface area contributed by atoms with Gasteiger partial charge in [-0.15, -0.1) is 0 Å². The topological polar surface area (TPSA) is 478 Å². The standard InChI is InChI=1S/C46H83N3O15.C44H81N3O14.C4H6O3/c1-17-33-46(13,56)38(53)29(8)47-41(54)25(4)23-44(11,57-15)39(64-43-36(52)32(22-26(5)59-43)48(14)31(10)50)27(6)37(28(7)42(55)61-33)63-35-24-45(12,58-16)40(30(9)60-35)62-34(51)20-21-49(18-2)19-3;1-16-31-44(12,53)36(50)28(8)46-39(51)24(4)22-42(10,54-14)37(61-41-34(49)30(45-13)21-25(5)56-41)26(6)35(27(7)40(52)58-31)60-33-23-43(11,55-15)38(29(9)57-33)59-32(48)19-20-47(17-2)18-3;1-3(5)7-4(2)6/h25-30,32-33,35-40,43,52-53,56H,17-24H2,1-16H3,(H,47,54);24-31,33-38,41,45,49-50,53H,16-23H2,1-15H3,(H,46,51);1-2H3/t25-,26-,27+,28-,29-,30+,32+,33-,35+,36-,37+,38-,39-,40?,43+,44-,45-,46-;24-,25-,26+,27-,28-,29+,30+,31-,33+,34-,35+,36-,37-,38?,41+,42-,43-,44-;/m11./s1. The number of hydrogen-bond donors (Lipinski definition) is 9. The van der Waals surface area contributed by atoms with Crippen LogP contribution in [0, 0.1) is 35.5 Å². The van der Waals surface area contributed by atoms with Gasteiger partial charge in [0.25, 0.3) is 0 Å². The number of amides is 3. The highest BCUT2D eigenvalue weighted by molar-refractivity contribution is 5.82. The molecule has 38 nitrogen and oxygen atoms in total. The Morgan fingerprint density at radius 2 is 0.811 bits per heavy atom. The van der Waals surface area contributed by atoms with Crippen molar-refractivity contribution < 1.29 is 154 Å². The molecular weight excluding hydrogens is 1730 g/mol. The van der Waals surface area contributed by atoms with Crippen molar-refractivity contribution in [2.75, 3.05) is 81.8 Å². The Labute approximate surface area is 784 Å². The fourth-order valence-corrected chi connectivity index (χ4v) is 19.3. The van der Waals surface area contributed by atoms with E-state index < -0.39 is 246 Å². The van der Waals surface area contributed by atoms with E-state index in [0.29, 0.717) is 25.9 Å². The monoisotopic (exact) mass is 1900 g/mol. The van der Waals surface area contributed by atoms with Gasteiger partial charge in [-0.1, -0.05) is 69.2 Å². The third kappa shape index (κ3) is 31.3. The highest BCUT2D eigenvalue weighted by Gasteiger charge is 2.58. The van der Waals surface area contributed by atoms with Gasteiger partial charge >= 0.3 is 35.8 Å². The molecule has 0 aromatic heterocycles. The number of aliphatic hydroxyl groups excluding tert-OH is 4. The Morgan fingerprint density at radius 3 is 1.11 bits per heavy atom. The summed E-state index contributed by atoms with van der Waals surface area (Å²) in [4.78, 5) is 121. The lowest BCUT2D eigenvalue weighted by atomic mass is 9.77. The normalized spacial score (nSPS) is 40.8. The smallest absolute Gasteiger partial charge is 0.311 e. The van der Waals surface area contributed by atoms with E-state index in [1.165, 1.54) is 68.0 Å². The van der Waals surface area contributed by atoms with Gasteiger partial charge in [0, 0.05) is 112 Å². The number of esters is 6. The zero-order valence-corrected chi connectivity index (χ0v) is 85.3. The molecule has 6 saturated heterocycles. The van der Waals surface area contributed by atoms with Crippen LogP contribution in [0.2, 0.25) is 0 Å². The van der Waals surface area contributed by atoms with Gasteiger partial charge in [-0.2, -0.15) is 0 Å². The van der Waals surface area contributed by atoms with Crippen LogP contribution in [0.15, 0.2) is 0 Å². The van der Waals surface area contributed by atoms with Crippen molar-refractivity contribution in [2.24, 2.45) is 35.5 Å². The van der Waals surface area contributed by atoms with Gasteiger partial charge in [0.15, 0.2) is 37.4 Å². The fraction of sp³-hybridized carbons (Fsp3) is 0.904. The van der Waals surface area contributed by atoms with E-state index in [-0.39, 0.29) is 75.4 Å². The van der Waals surface area contributed by atoms with E-state index in [1.54, 1.807) is 111 Å². The van der Waals surface area contributed by atoms with Gasteiger partial charge in [-0.25, -0.2) is 0 Å². The van der Waals surface area contributed by atoms with E-state index in [4.69, 9.17) is 75.8 Å². The molecule has 9 N–H and O–H groups in total. The SMILES string of the molecule is CC(=O)OC(C)=O.CC[C@H]1OC(=O)[C@H](C)[C@@H](O[C@H]2C[C@@](C)(OC)C(OC(=O)CCN(CC)CC)[C@H](C)O2)[C@H](C)[C@@H](O[C@@H]2O[C@H](C)C[C@H](N(C)C(C)=O)[C@H]2O)[C@](C)(OC)C[C@@H](C)C(=O)N[C@H](C)[C@@H](O)[C@]1(C)O.CC[C@H]1OC(=O)[C@H](C)[C@@H](O[C@H]2C[C@@](C)(OC)C(OC(=O)CCN(CC)CC)[C@H](C)O2)[C@H](C)[C@@H](O[C@@H]2O[C@H](C)C[C@H](NC)[C@H]2O)[C@](C)(OC)C[C@@H](C)C(=O)N[C@H](C)[C@@H](O)[C@]1(C)O. The van der Waals surface area contributed by atoms with Gasteiger partial charge in [0.2, 0.25) is 17.7 Å². The second-order valence-corrected chi connectivity index (χ2v) is 38.6. The molecule has 0 spiro atoms. The summed E-state index contributed by atoms with van der Waals surface area (Å²) in [7, 11) is 9.37. The number of carbonyl (C=O) groups is 9. The molecule has 6 aliphatic heterocycles. The summed E-state index contributed by atoms with van der Waals surface area (Å²) in [6.45, 7) is 50.2. The van der Waals surface area contributed by atoms with Crippen molar-refractivity contribution in [1.29, 1.82) is 0 Å². The van der Waals surface area contributed by atoms with Crippen molar-refractivity contribution in [1.82, 2.24) is 30.7 Å². The summed E-state index contributed by atoms with van der Waals surface area (Å²) in [6, 6.07) is -2.93. The number of hydrogen-bond acceptors (Lipinski definition) is 35. The molecule has 0 aliphatic carbocycles. The van der Waals surface area contributed by atoms with Crippen LogP contribution in [0.4, 0.5) is 0 Å². The van der Waals surface area contributed by atoms with Crippen molar-refractivity contribution >= 4 is 53.5 Å². The van der Waals surface area contributed by atoms with Crippen LogP contribution in [0.5, 0.6) is 0 Å². The van der Waals surface area contributed by atoms with Crippen molar-refractivity contribution in [3.05, 3.63) is 0 Å². The zero-order valence-electron chi connectivity index (χ0n) is 85.3. The number of ether oxygens (including phenoxy) is 17. The first kappa shape index (κ1) is 119. The number of likely N-dealkylation sites (N-methyl/N-ethyl adjacent to an activating group) is 2. The fourth-order valence-electron chi connectivity index (χ4n) is 19.3. The summed E-state index contributed by atoms with van der Waals surface area (Å²) in [5.41, 5.74) is -8.79. The molecule has 6 rings (SSSR count). The van der Waals surface area contributed by atoms with Crippen molar-refractivity contribution in [3.63, 3.8) is 0 Å². The van der Waals surface area contributed by atoms with Crippen molar-refractivity contribution in [3.8, 4) is 0 Å². The number of nitrogens with zero attached hydrogens (tertiary/aromatic N) is 3. The maximum Gasteiger partial charge on any atom is 0.311 e. The van der Waals surface area contributed by atoms with Crippen LogP contribution in [-0.2, 0) is 124 Å². The minimum Gasteiger partial charge on any atom is -0.459 e. The molecule has 6 fully saturated rings. The minimum atomic E-state index is -2.00. The zero-order chi connectivity index (χ0) is 101. The molecule has 0 aromatic carbocycles. The predicted octanol–water partition coefficient (Wildman–Crippen LogP) is 5.71. The second-order valence-electron chi connectivity index (χ2n) is 38.6. The maximum absolute atomic E-state index is 14.5. The number of carbonyl (C=O) groups excluding carboxylic acids is 9. The van der Waals surface area contributed by atoms with Gasteiger partial charge in [-0.05, 0) is 169 Å². The average molecular weight is 1900 g/mol. The quantitative estimate of drug-likeness (QED) is 0.0257. The molecule has 2 unspecified atom stereocenters. The highest BCUT2D eigenvalue weighted by atomic mass is 16.7. The average Bonchev–Trinajstić information content (AvgIpc) is 0.973. The number of nitrogens with one attached hydrogen (secondary N) is 3. The van der Waals surface area contributed by atoms with Gasteiger partial charge < -0.3 is 142 Å². The molecule has 132 heavy (non-hydrogen) atoms. The van der Waals surface area contributed by atoms with Gasteiger partial charge in [0.05, 0.1) is 103 Å². The summed E-state index contributed by atoms with van der Waals surface area (Å²) in [6.07, 6.45) is -18.7. The summed E-state index contributed by atoms with van der Waals surface area (Å²) >= 11 is 0. The van der Waals surface area contributed by atoms with Crippen LogP contribution in [0.25, 0.3) is 0 Å². The molecule has 0 saturated carbocycles. The number of aliphatic hydroxyl groups is 6. The third-order valence-corrected chi connectivity index (χ3v) is 28.1. The first-order valence-corrected chi connectivity index (χ1v) is 47.4. The van der Waals surface area contributed by atoms with E-state index >= 15 is 0 Å². The Kier molecular flexibility index (Phi) is 47.3. The highest BCUT2D eigenvalue weighted by Crippen LogP contribution is 2.46. The van der Waals surface area contributed by atoms with Crippen LogP contribution < -0.4 is 16.0 Å². The first-order chi connectivity index (χ1) is 61.3. The predicted molar refractivity (Wildman–Crippen MR) is 484 cm³/mol. The maximum atomic E-state index is 14.5. The summed E-state index contributed by atoms with van der Waals surface area (Å²) in [5.74, 6) is -9.81. The molecule has 0 aromatic rings. The lowest BCUT2D eigenvalue weighted by Crippen LogP contribution is -2.61. The number of rotatable bonds is 28. The van der Waals surface area contributed by atoms with Gasteiger partial charge in [-0.3, -0.25) is 43.2 Å². The molecule has 768 valence electrons. The Balaban J connectivity index is 0.000000515. The summed E-state index contributed by atoms with van der Waals surface area (Å²) < 4.78 is 106. The van der Waals surface area contributed by atoms with Crippen LogP contribution >= 0.6 is 0 Å². The van der Waals surface area contributed by atoms with Crippen LogP contribution in [0.3, 0.4) is 0 Å². The number of methoxy groups -OCH3 is 4. The van der Waals surface area contributed by atoms with E-state index in [1.807, 2.05) is 55.4 Å². The molecule has 38 heteroatoms. The van der Waals surface area contributed by atoms with Crippen molar-refractivity contribution in [2.45, 2.75) is 432 Å². The van der Waals surface area contributed by atoms with Crippen LogP contribution in [-0.4, -0.2) is 361 Å².